The van der Waals surface area contributed by atoms with Gasteiger partial charge in [0.15, 0.2) is 0 Å². The number of para-hydroxylation sites is 1. The normalized spacial score (nSPS) is 17.3. The smallest absolute Gasteiger partial charge is 0.268 e. The molecular formula is C17H19NO5S. The predicted octanol–water partition coefficient (Wildman–Crippen LogP) is 2.34. The molecule has 0 bridgehead atoms. The van der Waals surface area contributed by atoms with E-state index in [1.165, 1.54) is 30.7 Å². The van der Waals surface area contributed by atoms with Gasteiger partial charge in [0.1, 0.15) is 16.4 Å². The van der Waals surface area contributed by atoms with Crippen molar-refractivity contribution < 1.29 is 23.0 Å². The van der Waals surface area contributed by atoms with E-state index < -0.39 is 16.1 Å². The van der Waals surface area contributed by atoms with Crippen LogP contribution < -0.4 is 13.8 Å². The lowest BCUT2D eigenvalue weighted by atomic mass is 10.0. The van der Waals surface area contributed by atoms with Gasteiger partial charge in [-0.25, -0.2) is 8.42 Å². The van der Waals surface area contributed by atoms with Gasteiger partial charge in [-0.3, -0.25) is 4.31 Å². The monoisotopic (exact) mass is 349 g/mol. The number of ether oxygens (including phenoxy) is 2. The molecule has 2 aromatic rings. The Morgan fingerprint density at radius 2 is 1.88 bits per heavy atom. The highest BCUT2D eigenvalue weighted by Crippen LogP contribution is 2.39. The minimum absolute atomic E-state index is 0.0667. The van der Waals surface area contributed by atoms with Gasteiger partial charge in [0, 0.05) is 18.2 Å². The minimum atomic E-state index is -3.82. The molecule has 0 saturated heterocycles. The molecule has 1 heterocycles. The molecule has 0 radical (unpaired) electrons. The van der Waals surface area contributed by atoms with Crippen LogP contribution in [0.4, 0.5) is 5.69 Å². The Balaban J connectivity index is 2.11. The molecule has 1 N–H and O–H groups in total. The topological polar surface area (TPSA) is 76.1 Å². The third-order valence-corrected chi connectivity index (χ3v) is 5.96. The molecule has 0 aliphatic carbocycles. The fraction of sp³-hybridized carbons (Fsp3) is 0.294. The maximum absolute atomic E-state index is 13.2. The molecule has 24 heavy (non-hydrogen) atoms. The highest BCUT2D eigenvalue weighted by molar-refractivity contribution is 7.93. The highest BCUT2D eigenvalue weighted by atomic mass is 32.2. The lowest BCUT2D eigenvalue weighted by Gasteiger charge is -2.33. The zero-order valence-electron chi connectivity index (χ0n) is 13.5. The van der Waals surface area contributed by atoms with Crippen LogP contribution in [0.1, 0.15) is 18.1 Å². The Bertz CT molecular complexity index is 850. The first-order valence-corrected chi connectivity index (χ1v) is 8.95. The third-order valence-electron chi connectivity index (χ3n) is 4.11. The maximum Gasteiger partial charge on any atom is 0.268 e. The molecule has 6 nitrogen and oxygen atoms in total. The van der Waals surface area contributed by atoms with E-state index in [1.54, 1.807) is 30.3 Å². The standard InChI is InChI=1S/C17H19NO5S/c1-22-12-7-8-17(16(11-12)23-2)24(20,21)18-10-9-15(19)13-5-3-4-6-14(13)18/h3-8,11,15,19H,9-10H2,1-2H3. The molecule has 2 aromatic carbocycles. The number of aliphatic hydroxyl groups is 1. The van der Waals surface area contributed by atoms with Crippen molar-refractivity contribution >= 4 is 15.7 Å². The number of aliphatic hydroxyl groups excluding tert-OH is 1. The van der Waals surface area contributed by atoms with Gasteiger partial charge in [-0.05, 0) is 24.6 Å². The molecular weight excluding hydrogens is 330 g/mol. The van der Waals surface area contributed by atoms with Crippen LogP contribution in [-0.4, -0.2) is 34.3 Å². The number of nitrogens with zero attached hydrogens (tertiary/aromatic N) is 1. The Labute approximate surface area is 141 Å². The van der Waals surface area contributed by atoms with Crippen molar-refractivity contribution in [2.24, 2.45) is 0 Å². The maximum atomic E-state index is 13.2. The Morgan fingerprint density at radius 1 is 1.12 bits per heavy atom. The summed E-state index contributed by atoms with van der Waals surface area (Å²) in [7, 11) is -0.901. The van der Waals surface area contributed by atoms with Crippen LogP contribution in [0.15, 0.2) is 47.4 Å². The number of hydrogen-bond acceptors (Lipinski definition) is 5. The average molecular weight is 349 g/mol. The second kappa shape index (κ2) is 6.33. The number of rotatable bonds is 4. The van der Waals surface area contributed by atoms with Gasteiger partial charge in [0.25, 0.3) is 10.0 Å². The molecule has 0 fully saturated rings. The van der Waals surface area contributed by atoms with Crippen LogP contribution in [0.25, 0.3) is 0 Å². The van der Waals surface area contributed by atoms with Crippen molar-refractivity contribution in [1.82, 2.24) is 0 Å². The third kappa shape index (κ3) is 2.70. The summed E-state index contributed by atoms with van der Waals surface area (Å²) in [5, 5.41) is 10.1. The van der Waals surface area contributed by atoms with E-state index in [9.17, 15) is 13.5 Å². The van der Waals surface area contributed by atoms with E-state index in [4.69, 9.17) is 9.47 Å². The molecule has 0 aromatic heterocycles. The van der Waals surface area contributed by atoms with Crippen LogP contribution in [-0.2, 0) is 10.0 Å². The van der Waals surface area contributed by atoms with Crippen LogP contribution in [0.3, 0.4) is 0 Å². The number of benzene rings is 2. The summed E-state index contributed by atoms with van der Waals surface area (Å²) in [5.41, 5.74) is 1.11. The van der Waals surface area contributed by atoms with Gasteiger partial charge in [0.05, 0.1) is 26.0 Å². The summed E-state index contributed by atoms with van der Waals surface area (Å²) in [5.74, 6) is 0.734. The van der Waals surface area contributed by atoms with Crippen molar-refractivity contribution in [3.8, 4) is 11.5 Å². The van der Waals surface area contributed by atoms with Gasteiger partial charge in [-0.15, -0.1) is 0 Å². The molecule has 3 rings (SSSR count). The van der Waals surface area contributed by atoms with Gasteiger partial charge >= 0.3 is 0 Å². The van der Waals surface area contributed by atoms with Gasteiger partial charge in [-0.1, -0.05) is 18.2 Å². The second-order valence-electron chi connectivity index (χ2n) is 5.46. The molecule has 1 aliphatic heterocycles. The minimum Gasteiger partial charge on any atom is -0.497 e. The molecule has 0 spiro atoms. The first kappa shape index (κ1) is 16.6. The van der Waals surface area contributed by atoms with E-state index in [2.05, 4.69) is 0 Å². The molecule has 1 atom stereocenters. The highest BCUT2D eigenvalue weighted by Gasteiger charge is 2.34. The summed E-state index contributed by atoms with van der Waals surface area (Å²) in [6.07, 6.45) is -0.320. The number of methoxy groups -OCH3 is 2. The fourth-order valence-corrected chi connectivity index (χ4v) is 4.51. The largest absolute Gasteiger partial charge is 0.497 e. The zero-order valence-corrected chi connectivity index (χ0v) is 14.3. The van der Waals surface area contributed by atoms with E-state index in [1.807, 2.05) is 0 Å². The first-order valence-electron chi connectivity index (χ1n) is 7.51. The summed E-state index contributed by atoms with van der Waals surface area (Å²) in [6, 6.07) is 11.6. The number of hydrogen-bond donors (Lipinski definition) is 1. The Kier molecular flexibility index (Phi) is 4.38. The second-order valence-corrected chi connectivity index (χ2v) is 7.29. The molecule has 0 saturated carbocycles. The van der Waals surface area contributed by atoms with Crippen molar-refractivity contribution in [2.45, 2.75) is 17.4 Å². The number of fused-ring (bicyclic) bond motifs is 1. The van der Waals surface area contributed by atoms with E-state index in [0.29, 0.717) is 23.4 Å². The van der Waals surface area contributed by atoms with Crippen molar-refractivity contribution in [3.05, 3.63) is 48.0 Å². The Morgan fingerprint density at radius 3 is 2.58 bits per heavy atom. The molecule has 0 amide bonds. The Hall–Kier alpha value is -2.25. The SMILES string of the molecule is COc1ccc(S(=O)(=O)N2CCC(O)c3ccccc32)c(OC)c1. The first-order chi connectivity index (χ1) is 11.5. The summed E-state index contributed by atoms with van der Waals surface area (Å²) in [4.78, 5) is 0.0667. The van der Waals surface area contributed by atoms with E-state index in [-0.39, 0.29) is 17.2 Å². The van der Waals surface area contributed by atoms with Gasteiger partial charge in [-0.2, -0.15) is 0 Å². The summed E-state index contributed by atoms with van der Waals surface area (Å²) < 4.78 is 38.0. The van der Waals surface area contributed by atoms with Crippen LogP contribution in [0, 0.1) is 0 Å². The van der Waals surface area contributed by atoms with Crippen LogP contribution in [0.2, 0.25) is 0 Å². The van der Waals surface area contributed by atoms with Crippen LogP contribution >= 0.6 is 0 Å². The molecule has 7 heteroatoms. The zero-order chi connectivity index (χ0) is 17.3. The quantitative estimate of drug-likeness (QED) is 0.917. The molecule has 128 valence electrons. The van der Waals surface area contributed by atoms with Crippen LogP contribution in [0.5, 0.6) is 11.5 Å². The number of sulfonamides is 1. The van der Waals surface area contributed by atoms with Crippen molar-refractivity contribution in [1.29, 1.82) is 0 Å². The lowest BCUT2D eigenvalue weighted by molar-refractivity contribution is 0.166. The van der Waals surface area contributed by atoms with Crippen molar-refractivity contribution in [2.75, 3.05) is 25.1 Å². The summed E-state index contributed by atoms with van der Waals surface area (Å²) >= 11 is 0. The van der Waals surface area contributed by atoms with Crippen molar-refractivity contribution in [3.63, 3.8) is 0 Å². The van der Waals surface area contributed by atoms with E-state index in [0.717, 1.165) is 0 Å². The van der Waals surface area contributed by atoms with Gasteiger partial charge < -0.3 is 14.6 Å². The molecule has 1 unspecified atom stereocenters. The number of anilines is 1. The van der Waals surface area contributed by atoms with E-state index >= 15 is 0 Å². The predicted molar refractivity (Wildman–Crippen MR) is 90.1 cm³/mol. The lowest BCUT2D eigenvalue weighted by Crippen LogP contribution is -2.36. The fourth-order valence-electron chi connectivity index (χ4n) is 2.87. The molecule has 1 aliphatic rings. The summed E-state index contributed by atoms with van der Waals surface area (Å²) in [6.45, 7) is 0.204. The average Bonchev–Trinajstić information content (AvgIpc) is 2.61. The van der Waals surface area contributed by atoms with Gasteiger partial charge in [0.2, 0.25) is 0 Å².